The average molecular weight is 380 g/mol. The predicted molar refractivity (Wildman–Crippen MR) is 110 cm³/mol. The van der Waals surface area contributed by atoms with Gasteiger partial charge >= 0.3 is 5.97 Å². The van der Waals surface area contributed by atoms with Gasteiger partial charge in [-0.1, -0.05) is 54.6 Å². The molecule has 0 saturated heterocycles. The summed E-state index contributed by atoms with van der Waals surface area (Å²) in [6.07, 6.45) is 1.62. The third kappa shape index (κ3) is 3.52. The Kier molecular flexibility index (Phi) is 4.91. The van der Waals surface area contributed by atoms with Gasteiger partial charge in [0.15, 0.2) is 6.61 Å². The van der Waals surface area contributed by atoms with Crippen LogP contribution in [0.5, 0.6) is 0 Å². The molecular weight excluding hydrogens is 364 g/mol. The fraction of sp³-hybridized carbons (Fsp3) is 0.0417. The fourth-order valence-electron chi connectivity index (χ4n) is 3.30. The summed E-state index contributed by atoms with van der Waals surface area (Å²) in [6, 6.07) is 23.5. The van der Waals surface area contributed by atoms with Crippen LogP contribution in [0.3, 0.4) is 0 Å². The summed E-state index contributed by atoms with van der Waals surface area (Å²) in [7, 11) is 0. The molecule has 4 rings (SSSR count). The first kappa shape index (κ1) is 18.2. The van der Waals surface area contributed by atoms with Crippen molar-refractivity contribution in [2.45, 2.75) is 0 Å². The van der Waals surface area contributed by atoms with E-state index in [-0.39, 0.29) is 12.4 Å². The topological polar surface area (TPSA) is 82.9 Å². The van der Waals surface area contributed by atoms with Gasteiger partial charge in [0.05, 0.1) is 17.2 Å². The van der Waals surface area contributed by atoms with Crippen molar-refractivity contribution in [3.63, 3.8) is 0 Å². The number of hydrogen-bond donors (Lipinski definition) is 1. The highest BCUT2D eigenvalue weighted by atomic mass is 16.5. The maximum absolute atomic E-state index is 12.7. The van der Waals surface area contributed by atoms with Crippen LogP contribution in [0.1, 0.15) is 26.3 Å². The summed E-state index contributed by atoms with van der Waals surface area (Å²) in [6.45, 7) is -0.366. The smallest absolute Gasteiger partial charge is 0.339 e. The molecule has 1 N–H and O–H groups in total. The van der Waals surface area contributed by atoms with Crippen LogP contribution in [0.25, 0.3) is 22.0 Å². The number of fused-ring (bicyclic) bond motifs is 1. The van der Waals surface area contributed by atoms with Crippen molar-refractivity contribution >= 4 is 22.7 Å². The van der Waals surface area contributed by atoms with Crippen LogP contribution < -0.4 is 0 Å². The Morgan fingerprint density at radius 3 is 2.38 bits per heavy atom. The zero-order valence-electron chi connectivity index (χ0n) is 15.4. The lowest BCUT2D eigenvalue weighted by molar-refractivity contribution is 0.0476. The Balaban J connectivity index is 1.57. The number of rotatable bonds is 5. The molecule has 3 aromatic carbocycles. The predicted octanol–water partition coefficient (Wildman–Crippen LogP) is 4.75. The minimum absolute atomic E-state index is 0.286. The van der Waals surface area contributed by atoms with Crippen molar-refractivity contribution in [2.75, 3.05) is 6.61 Å². The van der Waals surface area contributed by atoms with Crippen LogP contribution in [0, 0.1) is 11.3 Å². The third-order valence-electron chi connectivity index (χ3n) is 4.71. The maximum atomic E-state index is 12.7. The van der Waals surface area contributed by atoms with Gasteiger partial charge < -0.3 is 9.72 Å². The molecule has 0 bridgehead atoms. The Bertz CT molecular complexity index is 1260. The molecule has 0 unspecified atom stereocenters. The standard InChI is InChI=1S/C24H16N2O3/c25-13-16-7-1-2-8-17(16)18-9-3-4-11-20(18)24(28)29-15-23(27)21-14-26-22-12-6-5-10-19(21)22/h1-12,14,26H,15H2. The van der Waals surface area contributed by atoms with E-state index >= 15 is 0 Å². The van der Waals surface area contributed by atoms with Crippen molar-refractivity contribution in [2.24, 2.45) is 0 Å². The Hall–Kier alpha value is -4.17. The number of aromatic nitrogens is 1. The molecule has 0 atom stereocenters. The average Bonchev–Trinajstić information content (AvgIpc) is 3.21. The van der Waals surface area contributed by atoms with Crippen LogP contribution in [-0.4, -0.2) is 23.3 Å². The fourth-order valence-corrected chi connectivity index (χ4v) is 3.30. The molecular formula is C24H16N2O3. The van der Waals surface area contributed by atoms with E-state index in [4.69, 9.17) is 4.74 Å². The van der Waals surface area contributed by atoms with Gasteiger partial charge in [0.25, 0.3) is 0 Å². The van der Waals surface area contributed by atoms with E-state index in [1.54, 1.807) is 54.7 Å². The Morgan fingerprint density at radius 1 is 0.862 bits per heavy atom. The summed E-state index contributed by atoms with van der Waals surface area (Å²) in [5.41, 5.74) is 3.33. The van der Waals surface area contributed by atoms with E-state index in [1.165, 1.54) is 0 Å². The molecule has 0 aliphatic rings. The van der Waals surface area contributed by atoms with Gasteiger partial charge in [-0.15, -0.1) is 0 Å². The molecule has 4 aromatic rings. The highest BCUT2D eigenvalue weighted by Crippen LogP contribution is 2.27. The van der Waals surface area contributed by atoms with Gasteiger partial charge in [-0.3, -0.25) is 4.79 Å². The number of H-pyrrole nitrogens is 1. The van der Waals surface area contributed by atoms with Gasteiger partial charge in [-0.25, -0.2) is 4.79 Å². The molecule has 29 heavy (non-hydrogen) atoms. The lowest BCUT2D eigenvalue weighted by Crippen LogP contribution is -2.14. The number of Topliss-reactive ketones (excluding diaryl/α,β-unsaturated/α-hetero) is 1. The van der Waals surface area contributed by atoms with Crippen molar-refractivity contribution in [1.29, 1.82) is 5.26 Å². The molecule has 5 nitrogen and oxygen atoms in total. The molecule has 0 aliphatic carbocycles. The normalized spacial score (nSPS) is 10.4. The number of nitrogens with one attached hydrogen (secondary N) is 1. The van der Waals surface area contributed by atoms with E-state index in [1.807, 2.05) is 24.3 Å². The summed E-state index contributed by atoms with van der Waals surface area (Å²) >= 11 is 0. The number of ketones is 1. The highest BCUT2D eigenvalue weighted by Gasteiger charge is 2.18. The molecule has 1 heterocycles. The molecule has 0 saturated carbocycles. The van der Waals surface area contributed by atoms with Gasteiger partial charge in [-0.05, 0) is 23.8 Å². The molecule has 0 radical (unpaired) electrons. The number of nitrogens with zero attached hydrogens (tertiary/aromatic N) is 1. The Labute approximate surface area is 167 Å². The molecule has 0 spiro atoms. The van der Waals surface area contributed by atoms with Crippen molar-refractivity contribution in [3.8, 4) is 17.2 Å². The number of carbonyl (C=O) groups excluding carboxylic acids is 2. The van der Waals surface area contributed by atoms with Crippen LogP contribution in [0.15, 0.2) is 79.0 Å². The van der Waals surface area contributed by atoms with Gasteiger partial charge in [0, 0.05) is 28.2 Å². The number of esters is 1. The SMILES string of the molecule is N#Cc1ccccc1-c1ccccc1C(=O)OCC(=O)c1c[nH]c2ccccc12. The number of hydrogen-bond acceptors (Lipinski definition) is 4. The number of nitriles is 1. The molecule has 5 heteroatoms. The summed E-state index contributed by atoms with van der Waals surface area (Å²) in [5.74, 6) is -0.896. The van der Waals surface area contributed by atoms with Gasteiger partial charge in [-0.2, -0.15) is 5.26 Å². The van der Waals surface area contributed by atoms with Crippen LogP contribution >= 0.6 is 0 Å². The number of carbonyl (C=O) groups is 2. The van der Waals surface area contributed by atoms with E-state index in [0.29, 0.717) is 27.8 Å². The van der Waals surface area contributed by atoms with Crippen LogP contribution in [0.2, 0.25) is 0 Å². The monoisotopic (exact) mass is 380 g/mol. The molecule has 0 aliphatic heterocycles. The van der Waals surface area contributed by atoms with E-state index in [2.05, 4.69) is 11.1 Å². The van der Waals surface area contributed by atoms with Crippen molar-refractivity contribution in [1.82, 2.24) is 4.98 Å². The van der Waals surface area contributed by atoms with Crippen LogP contribution in [-0.2, 0) is 4.74 Å². The first-order valence-electron chi connectivity index (χ1n) is 9.04. The first-order valence-corrected chi connectivity index (χ1v) is 9.04. The third-order valence-corrected chi connectivity index (χ3v) is 4.71. The molecule has 0 fully saturated rings. The number of benzene rings is 3. The van der Waals surface area contributed by atoms with E-state index < -0.39 is 5.97 Å². The zero-order chi connectivity index (χ0) is 20.2. The van der Waals surface area contributed by atoms with Crippen molar-refractivity contribution < 1.29 is 14.3 Å². The molecule has 0 amide bonds. The zero-order valence-corrected chi connectivity index (χ0v) is 15.4. The summed E-state index contributed by atoms with van der Waals surface area (Å²) in [5, 5.41) is 10.2. The minimum atomic E-state index is -0.610. The summed E-state index contributed by atoms with van der Waals surface area (Å²) in [4.78, 5) is 28.3. The second-order valence-corrected chi connectivity index (χ2v) is 6.45. The number of ether oxygens (including phenoxy) is 1. The number of para-hydroxylation sites is 1. The lowest BCUT2D eigenvalue weighted by atomic mass is 9.96. The molecule has 1 aromatic heterocycles. The lowest BCUT2D eigenvalue weighted by Gasteiger charge is -2.10. The maximum Gasteiger partial charge on any atom is 0.339 e. The molecule has 140 valence electrons. The number of aromatic amines is 1. The summed E-state index contributed by atoms with van der Waals surface area (Å²) < 4.78 is 5.31. The minimum Gasteiger partial charge on any atom is -0.454 e. The van der Waals surface area contributed by atoms with E-state index in [0.717, 1.165) is 10.9 Å². The first-order chi connectivity index (χ1) is 14.2. The second kappa shape index (κ2) is 7.83. The van der Waals surface area contributed by atoms with E-state index in [9.17, 15) is 14.9 Å². The van der Waals surface area contributed by atoms with Crippen LogP contribution in [0.4, 0.5) is 0 Å². The highest BCUT2D eigenvalue weighted by molar-refractivity contribution is 6.09. The van der Waals surface area contributed by atoms with Gasteiger partial charge in [0.1, 0.15) is 0 Å². The second-order valence-electron chi connectivity index (χ2n) is 6.45. The van der Waals surface area contributed by atoms with Crippen molar-refractivity contribution in [3.05, 3.63) is 95.7 Å². The quantitative estimate of drug-likeness (QED) is 0.400. The van der Waals surface area contributed by atoms with Gasteiger partial charge in [0.2, 0.25) is 5.78 Å². The largest absolute Gasteiger partial charge is 0.454 e. The Morgan fingerprint density at radius 2 is 1.55 bits per heavy atom.